The van der Waals surface area contributed by atoms with Gasteiger partial charge >= 0.3 is 6.03 Å². The van der Waals surface area contributed by atoms with E-state index in [1.165, 1.54) is 4.90 Å². The normalized spacial score (nSPS) is 11.4. The molecule has 2 amide bonds. The van der Waals surface area contributed by atoms with Gasteiger partial charge in [0.15, 0.2) is 0 Å². The van der Waals surface area contributed by atoms with Crippen LogP contribution in [0.3, 0.4) is 0 Å². The predicted octanol–water partition coefficient (Wildman–Crippen LogP) is 1.79. The molecule has 0 aliphatic heterocycles. The third-order valence-electron chi connectivity index (χ3n) is 3.64. The second-order valence-electron chi connectivity index (χ2n) is 6.68. The summed E-state index contributed by atoms with van der Waals surface area (Å²) in [6.45, 7) is 11.7. The van der Waals surface area contributed by atoms with Gasteiger partial charge in [0.2, 0.25) is 0 Å². The molecule has 122 valence electrons. The highest BCUT2D eigenvalue weighted by Gasteiger charge is 2.22. The Kier molecular flexibility index (Phi) is 6.62. The lowest BCUT2D eigenvalue weighted by atomic mass is 9.92. The molecule has 0 atom stereocenters. The van der Waals surface area contributed by atoms with E-state index in [2.05, 4.69) is 37.4 Å². The molecule has 0 aromatic heterocycles. The summed E-state index contributed by atoms with van der Waals surface area (Å²) in [6.07, 6.45) is 0.974. The van der Waals surface area contributed by atoms with Gasteiger partial charge in [0.05, 0.1) is 26.2 Å². The third kappa shape index (κ3) is 5.90. The largest absolute Gasteiger partial charge is 0.340 e. The Morgan fingerprint density at radius 1 is 1.32 bits per heavy atom. The number of hydrogen-bond donors (Lipinski definition) is 3. The van der Waals surface area contributed by atoms with E-state index in [9.17, 15) is 4.79 Å². The van der Waals surface area contributed by atoms with Crippen molar-refractivity contribution >= 4 is 11.6 Å². The molecule has 0 unspecified atom stereocenters. The van der Waals surface area contributed by atoms with E-state index in [-0.39, 0.29) is 6.03 Å². The van der Waals surface area contributed by atoms with Crippen LogP contribution in [0.25, 0.3) is 5.57 Å². The van der Waals surface area contributed by atoms with Crippen LogP contribution in [0.5, 0.6) is 0 Å². The lowest BCUT2D eigenvalue weighted by molar-refractivity contribution is -0.858. The second kappa shape index (κ2) is 7.99. The van der Waals surface area contributed by atoms with E-state index in [1.54, 1.807) is 0 Å². The van der Waals surface area contributed by atoms with Crippen molar-refractivity contribution in [3.63, 3.8) is 0 Å². The molecule has 4 nitrogen and oxygen atoms in total. The molecule has 0 radical (unpaired) electrons. The van der Waals surface area contributed by atoms with Crippen molar-refractivity contribution < 1.29 is 9.69 Å². The number of rotatable bonds is 7. The van der Waals surface area contributed by atoms with Gasteiger partial charge in [-0.3, -0.25) is 0 Å². The van der Waals surface area contributed by atoms with Crippen LogP contribution >= 0.6 is 0 Å². The molecule has 0 aliphatic rings. The highest BCUT2D eigenvalue weighted by Crippen LogP contribution is 2.23. The van der Waals surface area contributed by atoms with Crippen molar-refractivity contribution in [1.29, 1.82) is 0 Å². The molecule has 0 spiro atoms. The van der Waals surface area contributed by atoms with Crippen LogP contribution in [0.2, 0.25) is 0 Å². The maximum Gasteiger partial charge on any atom is 0.315 e. The molecule has 0 saturated heterocycles. The first-order valence-corrected chi connectivity index (χ1v) is 7.84. The van der Waals surface area contributed by atoms with Gasteiger partial charge < -0.3 is 15.5 Å². The molecule has 3 N–H and O–H groups in total. The fourth-order valence-electron chi connectivity index (χ4n) is 2.22. The van der Waals surface area contributed by atoms with Crippen molar-refractivity contribution in [2.45, 2.75) is 32.7 Å². The summed E-state index contributed by atoms with van der Waals surface area (Å²) < 4.78 is 0. The Morgan fingerprint density at radius 2 is 2.00 bits per heavy atom. The number of allylic oxidation sites excluding steroid dienone is 1. The van der Waals surface area contributed by atoms with E-state index >= 15 is 0 Å². The number of carbonyl (C=O) groups excluding carboxylic acids is 1. The zero-order chi connectivity index (χ0) is 16.8. The van der Waals surface area contributed by atoms with Gasteiger partial charge in [0.25, 0.3) is 0 Å². The van der Waals surface area contributed by atoms with Crippen LogP contribution in [0.1, 0.15) is 38.3 Å². The monoisotopic (exact) mass is 304 g/mol. The summed E-state index contributed by atoms with van der Waals surface area (Å²) in [7, 11) is 4.22. The molecule has 1 aromatic rings. The maximum absolute atomic E-state index is 12.0. The van der Waals surface area contributed by atoms with E-state index in [0.29, 0.717) is 6.54 Å². The molecular formula is C18H30N3O+. The molecule has 0 fully saturated rings. The first-order valence-electron chi connectivity index (χ1n) is 7.84. The van der Waals surface area contributed by atoms with E-state index in [0.717, 1.165) is 29.7 Å². The quantitative estimate of drug-likeness (QED) is 0.661. The maximum atomic E-state index is 12.0. The molecule has 4 heteroatoms. The van der Waals surface area contributed by atoms with Gasteiger partial charge in [0, 0.05) is 13.0 Å². The van der Waals surface area contributed by atoms with Crippen molar-refractivity contribution in [3.8, 4) is 0 Å². The molecule has 0 heterocycles. The van der Waals surface area contributed by atoms with Crippen molar-refractivity contribution in [2.75, 3.05) is 27.2 Å². The number of amides is 2. The van der Waals surface area contributed by atoms with Gasteiger partial charge in [-0.1, -0.05) is 30.4 Å². The lowest BCUT2D eigenvalue weighted by Crippen LogP contribution is -3.05. The Labute approximate surface area is 134 Å². The Hall–Kier alpha value is -1.81. The topological polar surface area (TPSA) is 45.6 Å². The minimum atomic E-state index is -0.428. The van der Waals surface area contributed by atoms with Crippen LogP contribution in [-0.2, 0) is 5.54 Å². The summed E-state index contributed by atoms with van der Waals surface area (Å²) in [4.78, 5) is 13.4. The molecule has 1 rings (SSSR count). The molecule has 1 aromatic carbocycles. The molecule has 0 aliphatic carbocycles. The standard InChI is InChI=1S/C18H29N3O/c1-14(2)15-9-7-10-16(13-15)18(3,4)20-17(22)19-11-8-12-21(5)6/h7,9-10,13H,1,8,11-12H2,2-6H3,(H2,19,20,22)/p+1. The third-order valence-corrected chi connectivity index (χ3v) is 3.64. The van der Waals surface area contributed by atoms with E-state index in [1.807, 2.05) is 39.0 Å². The van der Waals surface area contributed by atoms with Gasteiger partial charge in [-0.25, -0.2) is 4.79 Å². The smallest absolute Gasteiger partial charge is 0.315 e. The highest BCUT2D eigenvalue weighted by atomic mass is 16.2. The summed E-state index contributed by atoms with van der Waals surface area (Å²) >= 11 is 0. The Morgan fingerprint density at radius 3 is 2.59 bits per heavy atom. The van der Waals surface area contributed by atoms with E-state index in [4.69, 9.17) is 0 Å². The molecule has 22 heavy (non-hydrogen) atoms. The first-order chi connectivity index (χ1) is 10.2. The summed E-state index contributed by atoms with van der Waals surface area (Å²) in [5.41, 5.74) is 2.76. The van der Waals surface area contributed by atoms with Gasteiger partial charge in [-0.2, -0.15) is 0 Å². The van der Waals surface area contributed by atoms with Crippen LogP contribution in [0.15, 0.2) is 30.8 Å². The van der Waals surface area contributed by atoms with Crippen molar-refractivity contribution in [1.82, 2.24) is 10.6 Å². The zero-order valence-corrected chi connectivity index (χ0v) is 14.5. The van der Waals surface area contributed by atoms with Crippen LogP contribution in [0, 0.1) is 0 Å². The minimum absolute atomic E-state index is 0.125. The average molecular weight is 304 g/mol. The lowest BCUT2D eigenvalue weighted by Gasteiger charge is -2.27. The number of carbonyl (C=O) groups is 1. The molecular weight excluding hydrogens is 274 g/mol. The SMILES string of the molecule is C=C(C)c1cccc(C(C)(C)NC(=O)NCCC[NH+](C)C)c1. The fraction of sp³-hybridized carbons (Fsp3) is 0.500. The van der Waals surface area contributed by atoms with Gasteiger partial charge in [-0.05, 0) is 38.0 Å². The fourth-order valence-corrected chi connectivity index (χ4v) is 2.22. The highest BCUT2D eigenvalue weighted by molar-refractivity contribution is 5.75. The molecule has 0 bridgehead atoms. The number of nitrogens with one attached hydrogen (secondary N) is 3. The van der Waals surface area contributed by atoms with Gasteiger partial charge in [0.1, 0.15) is 0 Å². The van der Waals surface area contributed by atoms with Crippen molar-refractivity contribution in [3.05, 3.63) is 42.0 Å². The summed E-state index contributed by atoms with van der Waals surface area (Å²) in [5, 5.41) is 5.96. The molecule has 0 saturated carbocycles. The Bertz CT molecular complexity index is 521. The number of quaternary nitrogens is 1. The van der Waals surface area contributed by atoms with Crippen molar-refractivity contribution in [2.24, 2.45) is 0 Å². The van der Waals surface area contributed by atoms with E-state index < -0.39 is 5.54 Å². The van der Waals surface area contributed by atoms with Crippen LogP contribution in [-0.4, -0.2) is 33.2 Å². The van der Waals surface area contributed by atoms with Crippen LogP contribution in [0.4, 0.5) is 4.79 Å². The van der Waals surface area contributed by atoms with Gasteiger partial charge in [-0.15, -0.1) is 0 Å². The predicted molar refractivity (Wildman–Crippen MR) is 93.0 cm³/mol. The first kappa shape index (κ1) is 18.2. The zero-order valence-electron chi connectivity index (χ0n) is 14.5. The number of urea groups is 1. The minimum Gasteiger partial charge on any atom is -0.340 e. The summed E-state index contributed by atoms with van der Waals surface area (Å²) in [6, 6.07) is 8.02. The second-order valence-corrected chi connectivity index (χ2v) is 6.68. The van der Waals surface area contributed by atoms with Crippen LogP contribution < -0.4 is 15.5 Å². The average Bonchev–Trinajstić information content (AvgIpc) is 2.43. The summed E-state index contributed by atoms with van der Waals surface area (Å²) in [5.74, 6) is 0. The Balaban J connectivity index is 2.60. The number of hydrogen-bond acceptors (Lipinski definition) is 1. The number of benzene rings is 1.